The topological polar surface area (TPSA) is 38.0 Å². The lowest BCUT2D eigenvalue weighted by Gasteiger charge is -2.17. The van der Waals surface area contributed by atoms with E-state index in [1.54, 1.807) is 12.1 Å². The van der Waals surface area contributed by atoms with Gasteiger partial charge in [0.1, 0.15) is 5.82 Å². The summed E-state index contributed by atoms with van der Waals surface area (Å²) < 4.78 is 13.5. The molecule has 1 aromatic carbocycles. The third-order valence-electron chi connectivity index (χ3n) is 2.24. The molecule has 2 nitrogen and oxygen atoms in total. The molecule has 0 amide bonds. The third kappa shape index (κ3) is 3.60. The Bertz CT molecular complexity index is 387. The minimum atomic E-state index is -0.275. The van der Waals surface area contributed by atoms with Gasteiger partial charge in [-0.05, 0) is 33.6 Å². The second-order valence-corrected chi connectivity index (χ2v) is 4.22. The molecule has 1 rings (SSSR count). The van der Waals surface area contributed by atoms with Crippen molar-refractivity contribution in [2.24, 2.45) is 5.73 Å². The highest BCUT2D eigenvalue weighted by Crippen LogP contribution is 2.20. The highest BCUT2D eigenvalue weighted by molar-refractivity contribution is 9.10. The lowest BCUT2D eigenvalue weighted by molar-refractivity contribution is 0.547. The smallest absolute Gasteiger partial charge is 0.137 e. The molecule has 0 saturated carbocycles. The number of benzene rings is 1. The molecule has 0 aliphatic heterocycles. The summed E-state index contributed by atoms with van der Waals surface area (Å²) >= 11 is 3.15. The van der Waals surface area contributed by atoms with Crippen LogP contribution in [0, 0.1) is 18.2 Å². The van der Waals surface area contributed by atoms with E-state index < -0.39 is 0 Å². The molecule has 16 heavy (non-hydrogen) atoms. The largest absolute Gasteiger partial charge is 0.329 e. The van der Waals surface area contributed by atoms with Crippen molar-refractivity contribution >= 4 is 15.9 Å². The number of hydrogen-bond acceptors (Lipinski definition) is 2. The molecule has 1 aromatic rings. The van der Waals surface area contributed by atoms with E-state index in [2.05, 4.69) is 27.2 Å². The number of hydrogen-bond donors (Lipinski definition) is 2. The molecule has 0 aliphatic rings. The first kappa shape index (κ1) is 13.2. The summed E-state index contributed by atoms with van der Waals surface area (Å²) in [4.78, 5) is 0. The van der Waals surface area contributed by atoms with E-state index >= 15 is 0 Å². The SMILES string of the molecule is C#CCCNC(CN)c1ccc(F)c(Br)c1. The molecule has 0 heterocycles. The van der Waals surface area contributed by atoms with Crippen molar-refractivity contribution in [1.29, 1.82) is 0 Å². The first-order valence-electron chi connectivity index (χ1n) is 5.01. The van der Waals surface area contributed by atoms with Gasteiger partial charge in [0.15, 0.2) is 0 Å². The van der Waals surface area contributed by atoms with E-state index in [0.717, 1.165) is 5.56 Å². The van der Waals surface area contributed by atoms with Crippen molar-refractivity contribution in [2.45, 2.75) is 12.5 Å². The number of nitrogens with two attached hydrogens (primary N) is 1. The van der Waals surface area contributed by atoms with Crippen LogP contribution >= 0.6 is 15.9 Å². The standard InChI is InChI=1S/C12H14BrFN2/c1-2-3-6-16-12(8-15)9-4-5-11(14)10(13)7-9/h1,4-5,7,12,16H,3,6,8,15H2. The lowest BCUT2D eigenvalue weighted by Crippen LogP contribution is -2.28. The van der Waals surface area contributed by atoms with E-state index in [4.69, 9.17) is 12.2 Å². The molecule has 0 radical (unpaired) electrons. The molecule has 0 saturated heterocycles. The molecule has 1 unspecified atom stereocenters. The fourth-order valence-electron chi connectivity index (χ4n) is 1.38. The van der Waals surface area contributed by atoms with Crippen molar-refractivity contribution in [2.75, 3.05) is 13.1 Å². The van der Waals surface area contributed by atoms with Crippen LogP contribution < -0.4 is 11.1 Å². The molecule has 3 N–H and O–H groups in total. The summed E-state index contributed by atoms with van der Waals surface area (Å²) in [6.07, 6.45) is 5.81. The summed E-state index contributed by atoms with van der Waals surface area (Å²) in [6.45, 7) is 1.15. The van der Waals surface area contributed by atoms with Crippen molar-refractivity contribution < 1.29 is 4.39 Å². The zero-order chi connectivity index (χ0) is 12.0. The normalized spacial score (nSPS) is 12.1. The Labute approximate surface area is 104 Å². The van der Waals surface area contributed by atoms with Gasteiger partial charge in [-0.3, -0.25) is 0 Å². The Morgan fingerprint density at radius 1 is 1.56 bits per heavy atom. The maximum Gasteiger partial charge on any atom is 0.137 e. The van der Waals surface area contributed by atoms with Crippen LogP contribution in [-0.2, 0) is 0 Å². The number of halogens is 2. The van der Waals surface area contributed by atoms with Crippen LogP contribution in [0.4, 0.5) is 4.39 Å². The minimum absolute atomic E-state index is 0.00486. The average Bonchev–Trinajstić information content (AvgIpc) is 2.29. The first-order chi connectivity index (χ1) is 7.69. The molecule has 0 spiro atoms. The van der Waals surface area contributed by atoms with Gasteiger partial charge in [-0.25, -0.2) is 4.39 Å². The zero-order valence-corrected chi connectivity index (χ0v) is 10.4. The van der Waals surface area contributed by atoms with E-state index in [1.165, 1.54) is 6.07 Å². The summed E-state index contributed by atoms with van der Waals surface area (Å²) in [5.74, 6) is 2.27. The molecule has 0 bridgehead atoms. The highest BCUT2D eigenvalue weighted by Gasteiger charge is 2.10. The van der Waals surface area contributed by atoms with E-state index in [0.29, 0.717) is 24.0 Å². The second kappa shape index (κ2) is 6.64. The fourth-order valence-corrected chi connectivity index (χ4v) is 1.78. The molecule has 86 valence electrons. The third-order valence-corrected chi connectivity index (χ3v) is 2.85. The van der Waals surface area contributed by atoms with Crippen LogP contribution in [0.1, 0.15) is 18.0 Å². The van der Waals surface area contributed by atoms with Crippen LogP contribution in [0.3, 0.4) is 0 Å². The van der Waals surface area contributed by atoms with Crippen molar-refractivity contribution in [1.82, 2.24) is 5.32 Å². The number of terminal acetylenes is 1. The summed E-state index contributed by atoms with van der Waals surface area (Å²) in [5.41, 5.74) is 6.60. The van der Waals surface area contributed by atoms with Crippen LogP contribution in [0.5, 0.6) is 0 Å². The Balaban J connectivity index is 2.71. The molecule has 1 atom stereocenters. The predicted molar refractivity (Wildman–Crippen MR) is 67.3 cm³/mol. The number of nitrogens with one attached hydrogen (secondary N) is 1. The molecule has 0 fully saturated rings. The Morgan fingerprint density at radius 2 is 2.31 bits per heavy atom. The Hall–Kier alpha value is -0.890. The lowest BCUT2D eigenvalue weighted by atomic mass is 10.1. The monoisotopic (exact) mass is 284 g/mol. The van der Waals surface area contributed by atoms with Gasteiger partial charge in [-0.1, -0.05) is 6.07 Å². The fraction of sp³-hybridized carbons (Fsp3) is 0.333. The van der Waals surface area contributed by atoms with Gasteiger partial charge in [-0.2, -0.15) is 0 Å². The van der Waals surface area contributed by atoms with Crippen LogP contribution in [0.15, 0.2) is 22.7 Å². The van der Waals surface area contributed by atoms with Gasteiger partial charge in [-0.15, -0.1) is 12.3 Å². The quantitative estimate of drug-likeness (QED) is 0.643. The summed E-state index contributed by atoms with van der Waals surface area (Å²) in [7, 11) is 0. The van der Waals surface area contributed by atoms with Gasteiger partial charge in [0.05, 0.1) is 4.47 Å². The maximum atomic E-state index is 13.0. The molecular weight excluding hydrogens is 271 g/mol. The van der Waals surface area contributed by atoms with Crippen molar-refractivity contribution in [3.05, 3.63) is 34.1 Å². The summed E-state index contributed by atoms with van der Waals surface area (Å²) in [6, 6.07) is 4.88. The van der Waals surface area contributed by atoms with Gasteiger partial charge in [0.2, 0.25) is 0 Å². The van der Waals surface area contributed by atoms with E-state index in [1.807, 2.05) is 0 Å². The molecule has 4 heteroatoms. The minimum Gasteiger partial charge on any atom is -0.329 e. The molecule has 0 aromatic heterocycles. The van der Waals surface area contributed by atoms with Gasteiger partial charge < -0.3 is 11.1 Å². The van der Waals surface area contributed by atoms with E-state index in [9.17, 15) is 4.39 Å². The van der Waals surface area contributed by atoms with E-state index in [-0.39, 0.29) is 11.9 Å². The van der Waals surface area contributed by atoms with Crippen LogP contribution in [-0.4, -0.2) is 13.1 Å². The Kier molecular flexibility index (Phi) is 5.47. The Morgan fingerprint density at radius 3 is 2.88 bits per heavy atom. The average molecular weight is 285 g/mol. The zero-order valence-electron chi connectivity index (χ0n) is 8.84. The second-order valence-electron chi connectivity index (χ2n) is 3.37. The van der Waals surface area contributed by atoms with Crippen molar-refractivity contribution in [3.8, 4) is 12.3 Å². The molecular formula is C12H14BrFN2. The van der Waals surface area contributed by atoms with Gasteiger partial charge in [0, 0.05) is 25.6 Å². The van der Waals surface area contributed by atoms with Crippen molar-refractivity contribution in [3.63, 3.8) is 0 Å². The molecule has 0 aliphatic carbocycles. The highest BCUT2D eigenvalue weighted by atomic mass is 79.9. The summed E-state index contributed by atoms with van der Waals surface area (Å²) in [5, 5.41) is 3.22. The maximum absolute atomic E-state index is 13.0. The van der Waals surface area contributed by atoms with Gasteiger partial charge in [0.25, 0.3) is 0 Å². The predicted octanol–water partition coefficient (Wildman–Crippen LogP) is 2.20. The van der Waals surface area contributed by atoms with Crippen LogP contribution in [0.25, 0.3) is 0 Å². The first-order valence-corrected chi connectivity index (χ1v) is 5.80. The number of rotatable bonds is 5. The van der Waals surface area contributed by atoms with Crippen LogP contribution in [0.2, 0.25) is 0 Å². The van der Waals surface area contributed by atoms with Gasteiger partial charge >= 0.3 is 0 Å².